The van der Waals surface area contributed by atoms with Crippen LogP contribution in [0.15, 0.2) is 66.0 Å². The second kappa shape index (κ2) is 9.64. The Morgan fingerprint density at radius 2 is 1.90 bits per heavy atom. The lowest BCUT2D eigenvalue weighted by Crippen LogP contribution is -2.48. The highest BCUT2D eigenvalue weighted by Gasteiger charge is 2.44. The number of halogens is 1. The Bertz CT molecular complexity index is 1070. The van der Waals surface area contributed by atoms with Crippen LogP contribution in [0.3, 0.4) is 0 Å². The number of nitrogens with zero attached hydrogens (tertiary/aromatic N) is 1. The molecule has 0 spiro atoms. The number of thiophene rings is 1. The Kier molecular flexibility index (Phi) is 6.70. The summed E-state index contributed by atoms with van der Waals surface area (Å²) in [5.41, 5.74) is 2.15. The first-order valence-corrected chi connectivity index (χ1v) is 11.3. The van der Waals surface area contributed by atoms with Crippen molar-refractivity contribution in [2.24, 2.45) is 0 Å². The number of carbonyl (C=O) groups excluding carboxylic acids is 2. The summed E-state index contributed by atoms with van der Waals surface area (Å²) < 4.78 is 5.26. The third kappa shape index (κ3) is 4.37. The van der Waals surface area contributed by atoms with Gasteiger partial charge >= 0.3 is 0 Å². The maximum atomic E-state index is 13.6. The number of methoxy groups -OCH3 is 1. The molecule has 2 aromatic carbocycles. The van der Waals surface area contributed by atoms with E-state index in [1.54, 1.807) is 35.5 Å². The number of ether oxygens (including phenoxy) is 1. The molecule has 3 aromatic rings. The number of hydrogen-bond donors (Lipinski definition) is 1. The molecule has 7 heteroatoms. The molecular weight excluding hydrogens is 432 g/mol. The molecule has 5 nitrogen and oxygen atoms in total. The monoisotopic (exact) mass is 454 g/mol. The SMILES string of the molecule is COCCN1C(=O)c2ccccc2[C@H](C(=O)NCc2ccccc2Cl)[C@@H]1c1cccs1. The molecule has 0 saturated carbocycles. The zero-order valence-corrected chi connectivity index (χ0v) is 18.7. The fraction of sp³-hybridized carbons (Fsp3) is 0.250. The second-order valence-corrected chi connectivity index (χ2v) is 8.71. The molecule has 0 saturated heterocycles. The van der Waals surface area contributed by atoms with Crippen molar-refractivity contribution in [3.63, 3.8) is 0 Å². The van der Waals surface area contributed by atoms with Crippen LogP contribution in [-0.2, 0) is 16.1 Å². The van der Waals surface area contributed by atoms with E-state index in [1.165, 1.54) is 0 Å². The fourth-order valence-corrected chi connectivity index (χ4v) is 5.10. The van der Waals surface area contributed by atoms with Gasteiger partial charge in [-0.05, 0) is 34.7 Å². The largest absolute Gasteiger partial charge is 0.383 e. The van der Waals surface area contributed by atoms with E-state index in [4.69, 9.17) is 16.3 Å². The molecule has 0 bridgehead atoms. The van der Waals surface area contributed by atoms with Gasteiger partial charge in [-0.25, -0.2) is 0 Å². The van der Waals surface area contributed by atoms with Gasteiger partial charge in [0.05, 0.1) is 18.6 Å². The van der Waals surface area contributed by atoms with Gasteiger partial charge in [0, 0.05) is 35.7 Å². The molecule has 0 unspecified atom stereocenters. The molecule has 31 heavy (non-hydrogen) atoms. The average molecular weight is 455 g/mol. The molecule has 0 aliphatic carbocycles. The maximum absolute atomic E-state index is 13.6. The Morgan fingerprint density at radius 1 is 1.13 bits per heavy atom. The van der Waals surface area contributed by atoms with Gasteiger partial charge in [-0.15, -0.1) is 11.3 Å². The molecule has 2 amide bonds. The van der Waals surface area contributed by atoms with E-state index < -0.39 is 12.0 Å². The molecule has 2 heterocycles. The zero-order chi connectivity index (χ0) is 21.8. The summed E-state index contributed by atoms with van der Waals surface area (Å²) in [5, 5.41) is 5.62. The summed E-state index contributed by atoms with van der Waals surface area (Å²) in [4.78, 5) is 29.6. The average Bonchev–Trinajstić information content (AvgIpc) is 3.32. The topological polar surface area (TPSA) is 58.6 Å². The van der Waals surface area contributed by atoms with Crippen LogP contribution in [0.2, 0.25) is 5.02 Å². The van der Waals surface area contributed by atoms with E-state index in [9.17, 15) is 9.59 Å². The molecule has 0 radical (unpaired) electrons. The van der Waals surface area contributed by atoms with Crippen molar-refractivity contribution in [2.75, 3.05) is 20.3 Å². The number of fused-ring (bicyclic) bond motifs is 1. The van der Waals surface area contributed by atoms with Gasteiger partial charge < -0.3 is 15.0 Å². The normalized spacial score (nSPS) is 18.0. The number of benzene rings is 2. The standard InChI is InChI=1S/C24H23ClN2O3S/c1-30-13-12-27-22(20-11-6-14-31-20)21(17-8-3-4-9-18(17)24(27)29)23(28)26-15-16-7-2-5-10-19(16)25/h2-11,14,21-22H,12-13,15H2,1H3,(H,26,28)/t21-,22-/m0/s1. The molecule has 1 aliphatic heterocycles. The number of carbonyl (C=O) groups is 2. The van der Waals surface area contributed by atoms with Gasteiger partial charge in [0.15, 0.2) is 0 Å². The van der Waals surface area contributed by atoms with Crippen LogP contribution in [0, 0.1) is 0 Å². The minimum absolute atomic E-state index is 0.0822. The van der Waals surface area contributed by atoms with E-state index in [1.807, 2.05) is 53.9 Å². The predicted octanol–water partition coefficient (Wildman–Crippen LogP) is 4.65. The number of amides is 2. The van der Waals surface area contributed by atoms with Crippen LogP contribution in [0.5, 0.6) is 0 Å². The molecule has 1 N–H and O–H groups in total. The van der Waals surface area contributed by atoms with E-state index in [2.05, 4.69) is 5.32 Å². The van der Waals surface area contributed by atoms with Crippen LogP contribution in [0.1, 0.15) is 38.3 Å². The summed E-state index contributed by atoms with van der Waals surface area (Å²) in [5.74, 6) is -0.756. The van der Waals surface area contributed by atoms with E-state index >= 15 is 0 Å². The quantitative estimate of drug-likeness (QED) is 0.565. The molecule has 1 aliphatic rings. The van der Waals surface area contributed by atoms with Crippen molar-refractivity contribution in [3.8, 4) is 0 Å². The van der Waals surface area contributed by atoms with Gasteiger partial charge in [-0.3, -0.25) is 9.59 Å². The van der Waals surface area contributed by atoms with E-state index in [0.29, 0.717) is 30.3 Å². The smallest absolute Gasteiger partial charge is 0.254 e. The first-order valence-electron chi connectivity index (χ1n) is 10.0. The fourth-order valence-electron chi connectivity index (χ4n) is 4.02. The third-order valence-corrected chi connectivity index (χ3v) is 6.81. The van der Waals surface area contributed by atoms with Crippen LogP contribution >= 0.6 is 22.9 Å². The van der Waals surface area contributed by atoms with Crippen molar-refractivity contribution in [1.82, 2.24) is 10.2 Å². The number of nitrogens with one attached hydrogen (secondary N) is 1. The first kappa shape index (κ1) is 21.6. The summed E-state index contributed by atoms with van der Waals surface area (Å²) in [6.07, 6.45) is 0. The number of rotatable bonds is 7. The minimum atomic E-state index is -0.535. The number of hydrogen-bond acceptors (Lipinski definition) is 4. The Morgan fingerprint density at radius 3 is 2.65 bits per heavy atom. The molecule has 0 fully saturated rings. The second-order valence-electron chi connectivity index (χ2n) is 7.33. The highest BCUT2D eigenvalue weighted by molar-refractivity contribution is 7.10. The van der Waals surface area contributed by atoms with Crippen molar-refractivity contribution in [3.05, 3.63) is 92.6 Å². The molecule has 4 rings (SSSR count). The molecule has 160 valence electrons. The van der Waals surface area contributed by atoms with Crippen LogP contribution in [-0.4, -0.2) is 37.0 Å². The summed E-state index contributed by atoms with van der Waals surface area (Å²) in [6, 6.07) is 18.3. The summed E-state index contributed by atoms with van der Waals surface area (Å²) in [6.45, 7) is 1.12. The van der Waals surface area contributed by atoms with Crippen LogP contribution in [0.4, 0.5) is 0 Å². The minimum Gasteiger partial charge on any atom is -0.383 e. The summed E-state index contributed by atoms with van der Waals surface area (Å²) >= 11 is 7.81. The maximum Gasteiger partial charge on any atom is 0.254 e. The van der Waals surface area contributed by atoms with E-state index in [0.717, 1.165) is 16.0 Å². The van der Waals surface area contributed by atoms with Crippen molar-refractivity contribution in [1.29, 1.82) is 0 Å². The Labute approximate surface area is 190 Å². The van der Waals surface area contributed by atoms with Gasteiger partial charge in [0.1, 0.15) is 0 Å². The van der Waals surface area contributed by atoms with Crippen LogP contribution in [0.25, 0.3) is 0 Å². The van der Waals surface area contributed by atoms with E-state index in [-0.39, 0.29) is 11.8 Å². The summed E-state index contributed by atoms with van der Waals surface area (Å²) in [7, 11) is 1.61. The van der Waals surface area contributed by atoms with Gasteiger partial charge in [-0.2, -0.15) is 0 Å². The zero-order valence-electron chi connectivity index (χ0n) is 17.1. The predicted molar refractivity (Wildman–Crippen MR) is 122 cm³/mol. The van der Waals surface area contributed by atoms with Crippen molar-refractivity contribution < 1.29 is 14.3 Å². The molecule has 2 atom stereocenters. The first-order chi connectivity index (χ1) is 15.1. The third-order valence-electron chi connectivity index (χ3n) is 5.50. The Balaban J connectivity index is 1.72. The Hall–Kier alpha value is -2.67. The lowest BCUT2D eigenvalue weighted by molar-refractivity contribution is -0.124. The van der Waals surface area contributed by atoms with Gasteiger partial charge in [0.2, 0.25) is 5.91 Å². The highest BCUT2D eigenvalue weighted by atomic mass is 35.5. The molecule has 1 aromatic heterocycles. The van der Waals surface area contributed by atoms with Gasteiger partial charge in [-0.1, -0.05) is 54.1 Å². The van der Waals surface area contributed by atoms with Crippen LogP contribution < -0.4 is 5.32 Å². The van der Waals surface area contributed by atoms with Crippen molar-refractivity contribution >= 4 is 34.8 Å². The lowest BCUT2D eigenvalue weighted by atomic mass is 9.81. The molecular formula is C24H23ClN2O3S. The lowest BCUT2D eigenvalue weighted by Gasteiger charge is -2.41. The van der Waals surface area contributed by atoms with Crippen molar-refractivity contribution in [2.45, 2.75) is 18.5 Å². The highest BCUT2D eigenvalue weighted by Crippen LogP contribution is 2.44. The van der Waals surface area contributed by atoms with Gasteiger partial charge in [0.25, 0.3) is 5.91 Å².